The summed E-state index contributed by atoms with van der Waals surface area (Å²) in [6.07, 6.45) is 8.02. The molecule has 0 aromatic heterocycles. The highest BCUT2D eigenvalue weighted by atomic mass is 14.7. The molecule has 2 saturated carbocycles. The van der Waals surface area contributed by atoms with Gasteiger partial charge in [0, 0.05) is 6.04 Å². The van der Waals surface area contributed by atoms with E-state index in [0.29, 0.717) is 11.5 Å². The molecule has 1 aromatic carbocycles. The van der Waals surface area contributed by atoms with Crippen LogP contribution in [0.1, 0.15) is 61.6 Å². The minimum atomic E-state index is 0.434. The van der Waals surface area contributed by atoms with Crippen LogP contribution in [-0.4, -0.2) is 6.04 Å². The summed E-state index contributed by atoms with van der Waals surface area (Å²) in [4.78, 5) is 0. The lowest BCUT2D eigenvalue weighted by molar-refractivity contribution is 0.0496. The molecule has 3 aliphatic carbocycles. The first-order valence-corrected chi connectivity index (χ1v) is 8.44. The maximum Gasteiger partial charge on any atom is 0.00957 e. The zero-order valence-electron chi connectivity index (χ0n) is 12.9. The van der Waals surface area contributed by atoms with E-state index < -0.39 is 0 Å². The Bertz CT molecular complexity index is 535. The summed E-state index contributed by atoms with van der Waals surface area (Å²) in [7, 11) is 0. The molecular weight excluding hydrogens is 242 g/mol. The van der Waals surface area contributed by atoms with Crippen LogP contribution in [0.2, 0.25) is 0 Å². The summed E-state index contributed by atoms with van der Waals surface area (Å²) in [5.74, 6) is 2.60. The van der Waals surface area contributed by atoms with E-state index in [0.717, 1.165) is 17.8 Å². The van der Waals surface area contributed by atoms with E-state index in [1.165, 1.54) is 44.1 Å². The van der Waals surface area contributed by atoms with Crippen molar-refractivity contribution >= 4 is 0 Å². The number of nitrogens with two attached hydrogens (primary N) is 1. The van der Waals surface area contributed by atoms with Gasteiger partial charge in [0.1, 0.15) is 0 Å². The molecular formula is C19H27N. The van der Waals surface area contributed by atoms with Crippen molar-refractivity contribution in [3.63, 3.8) is 0 Å². The molecule has 0 bridgehead atoms. The molecule has 2 fully saturated rings. The molecule has 5 atom stereocenters. The van der Waals surface area contributed by atoms with Gasteiger partial charge in [-0.05, 0) is 79.7 Å². The molecule has 1 nitrogen and oxygen atoms in total. The van der Waals surface area contributed by atoms with Gasteiger partial charge in [0.05, 0.1) is 0 Å². The zero-order valence-corrected chi connectivity index (χ0v) is 12.9. The molecule has 0 heterocycles. The lowest BCUT2D eigenvalue weighted by Crippen LogP contribution is -2.46. The fraction of sp³-hybridized carbons (Fsp3) is 0.684. The third-order valence-corrected chi connectivity index (χ3v) is 6.96. The summed E-state index contributed by atoms with van der Waals surface area (Å²) in [6, 6.07) is 7.63. The second-order valence-corrected chi connectivity index (χ2v) is 7.85. The predicted molar refractivity (Wildman–Crippen MR) is 83.8 cm³/mol. The predicted octanol–water partition coefficient (Wildman–Crippen LogP) is 4.18. The van der Waals surface area contributed by atoms with Crippen molar-refractivity contribution in [3.8, 4) is 0 Å². The molecule has 20 heavy (non-hydrogen) atoms. The van der Waals surface area contributed by atoms with Crippen LogP contribution in [0.4, 0.5) is 0 Å². The molecule has 4 rings (SSSR count). The normalized spacial score (nSPS) is 42.8. The maximum atomic E-state index is 6.46. The summed E-state index contributed by atoms with van der Waals surface area (Å²) >= 11 is 0. The quantitative estimate of drug-likeness (QED) is 0.751. The van der Waals surface area contributed by atoms with Gasteiger partial charge in [0.25, 0.3) is 0 Å². The topological polar surface area (TPSA) is 26.0 Å². The van der Waals surface area contributed by atoms with E-state index >= 15 is 0 Å². The molecule has 1 heteroatoms. The largest absolute Gasteiger partial charge is 0.327 e. The Kier molecular flexibility index (Phi) is 2.79. The first-order valence-electron chi connectivity index (χ1n) is 8.44. The fourth-order valence-corrected chi connectivity index (χ4v) is 5.75. The molecule has 1 aromatic rings. The van der Waals surface area contributed by atoms with Gasteiger partial charge in [-0.3, -0.25) is 0 Å². The van der Waals surface area contributed by atoms with Crippen LogP contribution in [-0.2, 0) is 6.42 Å². The van der Waals surface area contributed by atoms with Crippen LogP contribution >= 0.6 is 0 Å². The smallest absolute Gasteiger partial charge is 0.00957 e. The summed E-state index contributed by atoms with van der Waals surface area (Å²) in [5, 5.41) is 0. The van der Waals surface area contributed by atoms with Gasteiger partial charge in [-0.25, -0.2) is 0 Å². The average Bonchev–Trinajstić information content (AvgIpc) is 2.74. The summed E-state index contributed by atoms with van der Waals surface area (Å²) in [5.41, 5.74) is 11.6. The maximum absolute atomic E-state index is 6.46. The molecule has 2 N–H and O–H groups in total. The lowest BCUT2D eigenvalue weighted by Gasteiger charge is -2.50. The number of benzene rings is 1. The van der Waals surface area contributed by atoms with Crippen molar-refractivity contribution in [1.29, 1.82) is 0 Å². The van der Waals surface area contributed by atoms with Crippen molar-refractivity contribution in [1.82, 2.24) is 0 Å². The lowest BCUT2D eigenvalue weighted by atomic mass is 9.55. The van der Waals surface area contributed by atoms with Crippen LogP contribution in [0.5, 0.6) is 0 Å². The third-order valence-electron chi connectivity index (χ3n) is 6.96. The van der Waals surface area contributed by atoms with Crippen molar-refractivity contribution in [2.24, 2.45) is 23.0 Å². The van der Waals surface area contributed by atoms with Gasteiger partial charge < -0.3 is 5.73 Å². The van der Waals surface area contributed by atoms with E-state index in [-0.39, 0.29) is 0 Å². The number of aryl methyl sites for hydroxylation is 2. The van der Waals surface area contributed by atoms with E-state index in [1.807, 2.05) is 0 Å². The highest BCUT2D eigenvalue weighted by Gasteiger charge is 2.53. The van der Waals surface area contributed by atoms with Gasteiger partial charge in [0.15, 0.2) is 0 Å². The van der Waals surface area contributed by atoms with Crippen LogP contribution in [0.3, 0.4) is 0 Å². The van der Waals surface area contributed by atoms with E-state index in [4.69, 9.17) is 5.73 Å². The molecule has 0 spiro atoms. The van der Waals surface area contributed by atoms with Crippen LogP contribution in [0.25, 0.3) is 0 Å². The van der Waals surface area contributed by atoms with E-state index in [9.17, 15) is 0 Å². The van der Waals surface area contributed by atoms with E-state index in [1.54, 1.807) is 11.1 Å². The Morgan fingerprint density at radius 2 is 2.00 bits per heavy atom. The number of rotatable bonds is 0. The van der Waals surface area contributed by atoms with Gasteiger partial charge >= 0.3 is 0 Å². The highest BCUT2D eigenvalue weighted by molar-refractivity contribution is 5.37. The van der Waals surface area contributed by atoms with Crippen molar-refractivity contribution < 1.29 is 0 Å². The molecule has 3 aliphatic rings. The Hall–Kier alpha value is -0.820. The van der Waals surface area contributed by atoms with Crippen LogP contribution < -0.4 is 5.73 Å². The molecule has 0 radical (unpaired) electrons. The minimum Gasteiger partial charge on any atom is -0.327 e. The molecule has 0 saturated heterocycles. The summed E-state index contributed by atoms with van der Waals surface area (Å²) in [6.45, 7) is 4.70. The monoisotopic (exact) mass is 269 g/mol. The zero-order chi connectivity index (χ0) is 13.9. The second-order valence-electron chi connectivity index (χ2n) is 7.85. The Morgan fingerprint density at radius 1 is 1.15 bits per heavy atom. The van der Waals surface area contributed by atoms with Crippen molar-refractivity contribution in [2.75, 3.05) is 0 Å². The highest BCUT2D eigenvalue weighted by Crippen LogP contribution is 2.60. The Balaban J connectivity index is 1.71. The Morgan fingerprint density at radius 3 is 2.85 bits per heavy atom. The standard InChI is InChI=1S/C19H27N/c1-12-3-5-14-13(11-12)4-6-16-15(14)9-10-19(2)17(16)7-8-18(19)20/h3,5,11,15-18H,4,6-10,20H2,1-2H3/t15?,16?,17?,18-,19?/m1/s1. The molecule has 0 aliphatic heterocycles. The molecule has 108 valence electrons. The Labute approximate surface area is 122 Å². The van der Waals surface area contributed by atoms with Gasteiger partial charge in [0.2, 0.25) is 0 Å². The van der Waals surface area contributed by atoms with Crippen molar-refractivity contribution in [3.05, 3.63) is 34.9 Å². The molecule has 0 amide bonds. The molecule has 4 unspecified atom stereocenters. The van der Waals surface area contributed by atoms with Gasteiger partial charge in [-0.2, -0.15) is 0 Å². The van der Waals surface area contributed by atoms with Gasteiger partial charge in [-0.15, -0.1) is 0 Å². The van der Waals surface area contributed by atoms with Crippen molar-refractivity contribution in [2.45, 2.75) is 64.3 Å². The number of hydrogen-bond donors (Lipinski definition) is 1. The number of hydrogen-bond acceptors (Lipinski definition) is 1. The minimum absolute atomic E-state index is 0.434. The first kappa shape index (κ1) is 12.9. The fourth-order valence-electron chi connectivity index (χ4n) is 5.75. The van der Waals surface area contributed by atoms with Crippen LogP contribution in [0.15, 0.2) is 18.2 Å². The summed E-state index contributed by atoms with van der Waals surface area (Å²) < 4.78 is 0. The van der Waals surface area contributed by atoms with Gasteiger partial charge in [-0.1, -0.05) is 30.7 Å². The second kappa shape index (κ2) is 4.34. The SMILES string of the molecule is Cc1ccc2c(c1)CCC1C2CCC2(C)C1CC[C@H]2N. The number of fused-ring (bicyclic) bond motifs is 5. The van der Waals surface area contributed by atoms with Crippen LogP contribution in [0, 0.1) is 24.2 Å². The third kappa shape index (κ3) is 1.65. The average molecular weight is 269 g/mol. The van der Waals surface area contributed by atoms with E-state index in [2.05, 4.69) is 32.0 Å². The first-order chi connectivity index (χ1) is 9.59.